The normalized spacial score (nSPS) is 11.4. The van der Waals surface area contributed by atoms with Crippen LogP contribution in [0, 0.1) is 12.7 Å². The molecule has 0 radical (unpaired) electrons. The van der Waals surface area contributed by atoms with Crippen LogP contribution in [0.4, 0.5) is 10.1 Å². The minimum atomic E-state index is -4.15. The number of carbonyl (C=O) groups is 1. The summed E-state index contributed by atoms with van der Waals surface area (Å²) in [4.78, 5) is 16.8. The lowest BCUT2D eigenvalue weighted by Crippen LogP contribution is -2.25. The second-order valence-electron chi connectivity index (χ2n) is 7.44. The van der Waals surface area contributed by atoms with Gasteiger partial charge in [0.05, 0.1) is 5.69 Å². The summed E-state index contributed by atoms with van der Waals surface area (Å²) in [6, 6.07) is 19.2. The molecule has 0 atom stereocenters. The molecule has 1 aromatic heterocycles. The number of nitrogens with one attached hydrogen (secondary N) is 1. The molecule has 0 spiro atoms. The van der Waals surface area contributed by atoms with Gasteiger partial charge in [0.1, 0.15) is 11.6 Å². The van der Waals surface area contributed by atoms with Crippen molar-refractivity contribution in [2.45, 2.75) is 12.1 Å². The molecule has 0 fully saturated rings. The van der Waals surface area contributed by atoms with E-state index < -0.39 is 27.3 Å². The van der Waals surface area contributed by atoms with Crippen LogP contribution in [-0.2, 0) is 14.6 Å². The van der Waals surface area contributed by atoms with Gasteiger partial charge in [-0.15, -0.1) is 0 Å². The number of halogens is 2. The van der Waals surface area contributed by atoms with Gasteiger partial charge in [0, 0.05) is 28.2 Å². The standard InChI is InChI=1S/C24H19ClFN3O3S/c1-16-5-7-17(8-6-16)22-14-29(21-4-2-3-18(25)13-21)24(28-22)33(31,32)15-23(30)27-20-11-9-19(26)10-12-20/h2-14H,15H2,1H3,(H,27,30). The van der Waals surface area contributed by atoms with Crippen molar-refractivity contribution < 1.29 is 17.6 Å². The molecular weight excluding hydrogens is 465 g/mol. The predicted molar refractivity (Wildman–Crippen MR) is 126 cm³/mol. The van der Waals surface area contributed by atoms with Gasteiger partial charge in [-0.3, -0.25) is 9.36 Å². The van der Waals surface area contributed by atoms with E-state index in [2.05, 4.69) is 10.3 Å². The monoisotopic (exact) mass is 483 g/mol. The second-order valence-corrected chi connectivity index (χ2v) is 9.76. The molecule has 0 bridgehead atoms. The number of anilines is 1. The minimum Gasteiger partial charge on any atom is -0.325 e. The third-order valence-electron chi connectivity index (χ3n) is 4.83. The molecule has 168 valence electrons. The first-order chi connectivity index (χ1) is 15.7. The number of imidazole rings is 1. The molecule has 1 amide bonds. The molecule has 0 aliphatic rings. The number of hydrogen-bond donors (Lipinski definition) is 1. The molecule has 4 rings (SSSR count). The molecule has 4 aromatic rings. The van der Waals surface area contributed by atoms with Gasteiger partial charge in [-0.1, -0.05) is 47.5 Å². The van der Waals surface area contributed by atoms with Gasteiger partial charge in [-0.25, -0.2) is 17.8 Å². The van der Waals surface area contributed by atoms with E-state index in [4.69, 9.17) is 11.6 Å². The lowest BCUT2D eigenvalue weighted by Gasteiger charge is -2.09. The Labute approximate surface area is 195 Å². The predicted octanol–water partition coefficient (Wildman–Crippen LogP) is 5.05. The van der Waals surface area contributed by atoms with Crippen LogP contribution in [0.2, 0.25) is 5.02 Å². The number of benzene rings is 3. The lowest BCUT2D eigenvalue weighted by molar-refractivity contribution is -0.113. The van der Waals surface area contributed by atoms with E-state index in [1.165, 1.54) is 28.8 Å². The highest BCUT2D eigenvalue weighted by molar-refractivity contribution is 7.92. The Morgan fingerprint density at radius 1 is 1.06 bits per heavy atom. The molecule has 0 aliphatic carbocycles. The number of nitrogens with zero attached hydrogens (tertiary/aromatic N) is 2. The highest BCUT2D eigenvalue weighted by Crippen LogP contribution is 2.26. The highest BCUT2D eigenvalue weighted by Gasteiger charge is 2.27. The highest BCUT2D eigenvalue weighted by atomic mass is 35.5. The Balaban J connectivity index is 1.71. The molecule has 33 heavy (non-hydrogen) atoms. The Hall–Kier alpha value is -3.49. The topological polar surface area (TPSA) is 81.1 Å². The molecule has 1 heterocycles. The number of rotatable bonds is 6. The van der Waals surface area contributed by atoms with Crippen LogP contribution in [0.5, 0.6) is 0 Å². The van der Waals surface area contributed by atoms with Gasteiger partial charge in [-0.05, 0) is 49.4 Å². The molecule has 0 saturated heterocycles. The average Bonchev–Trinajstić information content (AvgIpc) is 3.22. The lowest BCUT2D eigenvalue weighted by atomic mass is 10.1. The largest absolute Gasteiger partial charge is 0.325 e. The number of amides is 1. The quantitative estimate of drug-likeness (QED) is 0.416. The van der Waals surface area contributed by atoms with Crippen LogP contribution in [0.15, 0.2) is 84.1 Å². The third kappa shape index (κ3) is 5.30. The van der Waals surface area contributed by atoms with E-state index in [9.17, 15) is 17.6 Å². The van der Waals surface area contributed by atoms with Crippen LogP contribution in [0.3, 0.4) is 0 Å². The van der Waals surface area contributed by atoms with Crippen LogP contribution >= 0.6 is 11.6 Å². The van der Waals surface area contributed by atoms with Crippen LogP contribution in [-0.4, -0.2) is 29.6 Å². The molecule has 0 saturated carbocycles. The first-order valence-corrected chi connectivity index (χ1v) is 11.9. The van der Waals surface area contributed by atoms with Gasteiger partial charge in [-0.2, -0.15) is 0 Å². The SMILES string of the molecule is Cc1ccc(-c2cn(-c3cccc(Cl)c3)c(S(=O)(=O)CC(=O)Nc3ccc(F)cc3)n2)cc1. The van der Waals surface area contributed by atoms with Crippen molar-refractivity contribution in [3.8, 4) is 16.9 Å². The summed E-state index contributed by atoms with van der Waals surface area (Å²) in [6.45, 7) is 1.95. The van der Waals surface area contributed by atoms with Gasteiger partial charge in [0.15, 0.2) is 0 Å². The Morgan fingerprint density at radius 2 is 1.76 bits per heavy atom. The second kappa shape index (κ2) is 9.17. The van der Waals surface area contributed by atoms with Crippen LogP contribution in [0.25, 0.3) is 16.9 Å². The zero-order valence-electron chi connectivity index (χ0n) is 17.5. The fraction of sp³-hybridized carbons (Fsp3) is 0.0833. The Kier molecular flexibility index (Phi) is 6.31. The molecule has 3 aromatic carbocycles. The Bertz CT molecular complexity index is 1420. The van der Waals surface area contributed by atoms with Crippen molar-refractivity contribution in [2.75, 3.05) is 11.1 Å². The summed E-state index contributed by atoms with van der Waals surface area (Å²) < 4.78 is 40.9. The summed E-state index contributed by atoms with van der Waals surface area (Å²) in [7, 11) is -4.15. The molecule has 1 N–H and O–H groups in total. The first kappa shape index (κ1) is 22.7. The molecule has 0 unspecified atom stereocenters. The third-order valence-corrected chi connectivity index (χ3v) is 6.56. The maximum absolute atomic E-state index is 13.2. The summed E-state index contributed by atoms with van der Waals surface area (Å²) in [5.41, 5.74) is 3.00. The molecule has 6 nitrogen and oxygen atoms in total. The average molecular weight is 484 g/mol. The van der Waals surface area contributed by atoms with E-state index in [1.807, 2.05) is 31.2 Å². The summed E-state index contributed by atoms with van der Waals surface area (Å²) in [6.07, 6.45) is 1.60. The number of hydrogen-bond acceptors (Lipinski definition) is 4. The Morgan fingerprint density at radius 3 is 2.42 bits per heavy atom. The number of aromatic nitrogens is 2. The van der Waals surface area contributed by atoms with Crippen molar-refractivity contribution in [2.24, 2.45) is 0 Å². The van der Waals surface area contributed by atoms with E-state index in [0.717, 1.165) is 11.1 Å². The fourth-order valence-electron chi connectivity index (χ4n) is 3.22. The van der Waals surface area contributed by atoms with Crippen molar-refractivity contribution in [3.63, 3.8) is 0 Å². The molecular formula is C24H19ClFN3O3S. The van der Waals surface area contributed by atoms with Crippen molar-refractivity contribution in [3.05, 3.63) is 95.4 Å². The van der Waals surface area contributed by atoms with Crippen LogP contribution in [0.1, 0.15) is 5.56 Å². The minimum absolute atomic E-state index is 0.283. The van der Waals surface area contributed by atoms with Gasteiger partial charge >= 0.3 is 0 Å². The number of aryl methyl sites for hydroxylation is 1. The van der Waals surface area contributed by atoms with Gasteiger partial charge < -0.3 is 5.32 Å². The van der Waals surface area contributed by atoms with Gasteiger partial charge in [0.25, 0.3) is 0 Å². The van der Waals surface area contributed by atoms with Crippen molar-refractivity contribution in [1.29, 1.82) is 0 Å². The summed E-state index contributed by atoms with van der Waals surface area (Å²) in [5.74, 6) is -2.07. The summed E-state index contributed by atoms with van der Waals surface area (Å²) >= 11 is 6.11. The zero-order valence-corrected chi connectivity index (χ0v) is 19.1. The number of sulfone groups is 1. The van der Waals surface area contributed by atoms with E-state index in [0.29, 0.717) is 16.4 Å². The maximum Gasteiger partial charge on any atom is 0.240 e. The first-order valence-electron chi connectivity index (χ1n) is 9.92. The fourth-order valence-corrected chi connectivity index (χ4v) is 4.65. The number of carbonyl (C=O) groups excluding carboxylic acids is 1. The van der Waals surface area contributed by atoms with E-state index in [1.54, 1.807) is 30.5 Å². The molecule has 0 aliphatic heterocycles. The van der Waals surface area contributed by atoms with Gasteiger partial charge in [0.2, 0.25) is 20.9 Å². The molecule has 9 heteroatoms. The van der Waals surface area contributed by atoms with Crippen molar-refractivity contribution in [1.82, 2.24) is 9.55 Å². The van der Waals surface area contributed by atoms with Crippen molar-refractivity contribution >= 4 is 33.0 Å². The summed E-state index contributed by atoms with van der Waals surface area (Å²) in [5, 5.41) is 2.61. The smallest absolute Gasteiger partial charge is 0.240 e. The van der Waals surface area contributed by atoms with Crippen LogP contribution < -0.4 is 5.32 Å². The maximum atomic E-state index is 13.2. The van der Waals surface area contributed by atoms with E-state index in [-0.39, 0.29) is 10.8 Å². The van der Waals surface area contributed by atoms with E-state index >= 15 is 0 Å². The zero-order chi connectivity index (χ0) is 23.6.